The zero-order chi connectivity index (χ0) is 31.5. The van der Waals surface area contributed by atoms with Gasteiger partial charge in [-0.3, -0.25) is 0 Å². The lowest BCUT2D eigenvalue weighted by atomic mass is 9.67. The molecule has 4 unspecified atom stereocenters. The van der Waals surface area contributed by atoms with E-state index < -0.39 is 0 Å². The highest BCUT2D eigenvalue weighted by atomic mass is 16.3. The molecule has 2 rings (SSSR count). The molecule has 0 aliphatic heterocycles. The summed E-state index contributed by atoms with van der Waals surface area (Å²) in [4.78, 5) is 0. The van der Waals surface area contributed by atoms with Crippen molar-refractivity contribution in [1.29, 1.82) is 0 Å². The molecular weight excluding hydrogens is 512 g/mol. The summed E-state index contributed by atoms with van der Waals surface area (Å²) < 4.78 is 0. The average Bonchev–Trinajstić information content (AvgIpc) is 2.84. The molecule has 0 saturated heterocycles. The van der Waals surface area contributed by atoms with Crippen LogP contribution in [0.3, 0.4) is 0 Å². The third-order valence-electron chi connectivity index (χ3n) is 8.58. The molecule has 0 amide bonds. The van der Waals surface area contributed by atoms with Crippen LogP contribution in [0, 0.1) is 22.7 Å². The highest BCUT2D eigenvalue weighted by molar-refractivity contribution is 5.34. The lowest BCUT2D eigenvalue weighted by molar-refractivity contribution is 0.116. The maximum atomic E-state index is 10.1. The van der Waals surface area contributed by atoms with Crippen molar-refractivity contribution in [1.82, 2.24) is 0 Å². The van der Waals surface area contributed by atoms with Crippen LogP contribution in [-0.2, 0) is 0 Å². The molecule has 0 aromatic heterocycles. The number of aliphatic hydroxyl groups is 2. The minimum atomic E-state index is -0.329. The molecule has 230 valence electrons. The molecule has 0 saturated carbocycles. The van der Waals surface area contributed by atoms with Gasteiger partial charge in [0.2, 0.25) is 0 Å². The Hall–Kier alpha value is -2.68. The summed E-state index contributed by atoms with van der Waals surface area (Å²) in [7, 11) is 0. The van der Waals surface area contributed by atoms with E-state index in [9.17, 15) is 10.2 Å². The standard InChI is InChI=1S/C40H58O2/c1-29(17-13-19-31(3)21-23-37-33(5)25-35(41)27-39(37,7)8)15-11-12-16-30(2)18-14-20-32(4)22-24-38-34(6)26-36(42)28-40(38,9)10/h11-19,21-25,32,35-37,41-42H,20,26-28H2,1-10H3/b12-11+,17-13+,18-14+,23-21+,24-22+,29-15+,30-16+,31-19+. The van der Waals surface area contributed by atoms with Crippen molar-refractivity contribution < 1.29 is 10.2 Å². The lowest BCUT2D eigenvalue weighted by Gasteiger charge is -2.38. The van der Waals surface area contributed by atoms with Gasteiger partial charge in [-0.15, -0.1) is 0 Å². The van der Waals surface area contributed by atoms with E-state index in [0.29, 0.717) is 11.8 Å². The van der Waals surface area contributed by atoms with Crippen molar-refractivity contribution in [3.63, 3.8) is 0 Å². The quantitative estimate of drug-likeness (QED) is 0.192. The third kappa shape index (κ3) is 11.9. The summed E-state index contributed by atoms with van der Waals surface area (Å²) in [6.07, 6.45) is 33.3. The number of hydrogen-bond donors (Lipinski definition) is 2. The van der Waals surface area contributed by atoms with Crippen molar-refractivity contribution >= 4 is 0 Å². The Kier molecular flexibility index (Phi) is 13.7. The molecule has 4 atom stereocenters. The summed E-state index contributed by atoms with van der Waals surface area (Å²) in [5, 5.41) is 20.2. The molecule has 2 aliphatic carbocycles. The highest BCUT2D eigenvalue weighted by Gasteiger charge is 2.34. The van der Waals surface area contributed by atoms with Gasteiger partial charge in [-0.05, 0) is 82.6 Å². The lowest BCUT2D eigenvalue weighted by Crippen LogP contribution is -2.32. The average molecular weight is 571 g/mol. The second-order valence-corrected chi connectivity index (χ2v) is 14.1. The summed E-state index contributed by atoms with van der Waals surface area (Å²) in [5.41, 5.74) is 7.69. The fourth-order valence-corrected chi connectivity index (χ4v) is 6.33. The van der Waals surface area contributed by atoms with E-state index in [2.05, 4.69) is 148 Å². The van der Waals surface area contributed by atoms with Crippen LogP contribution in [0.4, 0.5) is 0 Å². The van der Waals surface area contributed by atoms with E-state index >= 15 is 0 Å². The molecule has 2 heteroatoms. The van der Waals surface area contributed by atoms with E-state index in [1.807, 2.05) is 6.08 Å². The monoisotopic (exact) mass is 570 g/mol. The fraction of sp³-hybridized carbons (Fsp3) is 0.500. The molecule has 2 nitrogen and oxygen atoms in total. The highest BCUT2D eigenvalue weighted by Crippen LogP contribution is 2.42. The minimum absolute atomic E-state index is 0.0325. The Balaban J connectivity index is 1.84. The van der Waals surface area contributed by atoms with E-state index in [1.165, 1.54) is 33.4 Å². The molecule has 0 bridgehead atoms. The van der Waals surface area contributed by atoms with Gasteiger partial charge in [-0.2, -0.15) is 0 Å². The number of allylic oxidation sites excluding steroid dienone is 18. The van der Waals surface area contributed by atoms with E-state index in [0.717, 1.165) is 25.7 Å². The van der Waals surface area contributed by atoms with Gasteiger partial charge in [0, 0.05) is 5.92 Å². The minimum Gasteiger partial charge on any atom is -0.393 e. The van der Waals surface area contributed by atoms with Gasteiger partial charge in [0.25, 0.3) is 0 Å². The second kappa shape index (κ2) is 16.2. The predicted octanol–water partition coefficient (Wildman–Crippen LogP) is 10.5. The first-order chi connectivity index (χ1) is 19.6. The van der Waals surface area contributed by atoms with Crippen LogP contribution in [0.15, 0.2) is 119 Å². The zero-order valence-electron chi connectivity index (χ0n) is 28.1. The molecule has 2 aliphatic rings. The molecule has 0 aromatic rings. The molecular formula is C40H58O2. The first-order valence-corrected chi connectivity index (χ1v) is 15.7. The van der Waals surface area contributed by atoms with Gasteiger partial charge in [-0.1, -0.05) is 148 Å². The van der Waals surface area contributed by atoms with Gasteiger partial charge in [0.1, 0.15) is 0 Å². The van der Waals surface area contributed by atoms with Crippen LogP contribution in [-0.4, -0.2) is 22.4 Å². The van der Waals surface area contributed by atoms with Crippen molar-refractivity contribution in [2.75, 3.05) is 0 Å². The smallest absolute Gasteiger partial charge is 0.0729 e. The van der Waals surface area contributed by atoms with Gasteiger partial charge in [0.15, 0.2) is 0 Å². The van der Waals surface area contributed by atoms with Gasteiger partial charge in [-0.25, -0.2) is 0 Å². The SMILES string of the molecule is CC1=CC(O)CC(C)(C)C1/C=C/C(C)=C/C=C/C(C)=C/C=C/C=C(C)/C=C/CC(C)/C=C/C1=C(C)CC(O)CC1(C)C. The summed E-state index contributed by atoms with van der Waals surface area (Å²) in [5.74, 6) is 0.816. The summed E-state index contributed by atoms with van der Waals surface area (Å²) in [6, 6.07) is 0. The summed E-state index contributed by atoms with van der Waals surface area (Å²) >= 11 is 0. The van der Waals surface area contributed by atoms with Gasteiger partial charge >= 0.3 is 0 Å². The third-order valence-corrected chi connectivity index (χ3v) is 8.58. The molecule has 0 spiro atoms. The topological polar surface area (TPSA) is 40.5 Å². The predicted molar refractivity (Wildman–Crippen MR) is 184 cm³/mol. The van der Waals surface area contributed by atoms with Crippen molar-refractivity contribution in [2.24, 2.45) is 22.7 Å². The van der Waals surface area contributed by atoms with Crippen molar-refractivity contribution in [2.45, 2.75) is 107 Å². The second-order valence-electron chi connectivity index (χ2n) is 14.1. The largest absolute Gasteiger partial charge is 0.393 e. The van der Waals surface area contributed by atoms with Crippen LogP contribution in [0.25, 0.3) is 0 Å². The Morgan fingerprint density at radius 3 is 2.10 bits per heavy atom. The Labute approximate surface area is 258 Å². The fourth-order valence-electron chi connectivity index (χ4n) is 6.33. The first kappa shape index (κ1) is 35.5. The number of aliphatic hydroxyl groups excluding tert-OH is 2. The molecule has 0 radical (unpaired) electrons. The normalized spacial score (nSPS) is 26.9. The molecule has 0 heterocycles. The Bertz CT molecular complexity index is 1220. The van der Waals surface area contributed by atoms with Crippen LogP contribution in [0.5, 0.6) is 0 Å². The van der Waals surface area contributed by atoms with Crippen molar-refractivity contribution in [3.05, 3.63) is 119 Å². The van der Waals surface area contributed by atoms with Crippen LogP contribution in [0.2, 0.25) is 0 Å². The maximum Gasteiger partial charge on any atom is 0.0729 e. The molecule has 0 fully saturated rings. The van der Waals surface area contributed by atoms with Gasteiger partial charge < -0.3 is 10.2 Å². The summed E-state index contributed by atoms with van der Waals surface area (Å²) in [6.45, 7) is 21.9. The molecule has 0 aromatic carbocycles. The van der Waals surface area contributed by atoms with Crippen LogP contribution in [0.1, 0.15) is 94.9 Å². The van der Waals surface area contributed by atoms with E-state index in [4.69, 9.17) is 0 Å². The van der Waals surface area contributed by atoms with Crippen LogP contribution < -0.4 is 0 Å². The Morgan fingerprint density at radius 1 is 0.881 bits per heavy atom. The van der Waals surface area contributed by atoms with Gasteiger partial charge in [0.05, 0.1) is 12.2 Å². The van der Waals surface area contributed by atoms with Crippen molar-refractivity contribution in [3.8, 4) is 0 Å². The Morgan fingerprint density at radius 2 is 1.48 bits per heavy atom. The van der Waals surface area contributed by atoms with E-state index in [-0.39, 0.29) is 23.0 Å². The number of hydrogen-bond acceptors (Lipinski definition) is 2. The van der Waals surface area contributed by atoms with E-state index in [1.54, 1.807) is 0 Å². The molecule has 42 heavy (non-hydrogen) atoms. The number of rotatable bonds is 11. The van der Waals surface area contributed by atoms with Crippen LogP contribution >= 0.6 is 0 Å². The maximum absolute atomic E-state index is 10.1. The zero-order valence-corrected chi connectivity index (χ0v) is 28.1. The molecule has 2 N–H and O–H groups in total. The first-order valence-electron chi connectivity index (χ1n) is 15.7.